The molecule has 0 saturated heterocycles. The lowest BCUT2D eigenvalue weighted by molar-refractivity contribution is -0.163. The molecule has 1 rings (SSSR count). The molecule has 96 valence electrons. The molecule has 0 heterocycles. The number of carboxylic acid groups (broad SMARTS) is 2. The molecular formula is C13H20O4. The Kier molecular flexibility index (Phi) is 4.73. The number of carbonyl (C=O) groups is 2. The third kappa shape index (κ3) is 2.87. The first-order chi connectivity index (χ1) is 8.04. The Morgan fingerprint density at radius 3 is 2.06 bits per heavy atom. The zero-order valence-corrected chi connectivity index (χ0v) is 10.0. The fourth-order valence-corrected chi connectivity index (χ4v) is 2.80. The van der Waals surface area contributed by atoms with Gasteiger partial charge in [0.05, 0.1) is 11.3 Å². The summed E-state index contributed by atoms with van der Waals surface area (Å²) in [6.07, 6.45) is 6.25. The van der Waals surface area contributed by atoms with Crippen LogP contribution in [0.4, 0.5) is 0 Å². The largest absolute Gasteiger partial charge is 0.481 e. The highest BCUT2D eigenvalue weighted by Crippen LogP contribution is 2.43. The van der Waals surface area contributed by atoms with E-state index in [9.17, 15) is 19.8 Å². The number of rotatable bonds is 5. The molecule has 1 aliphatic carbocycles. The van der Waals surface area contributed by atoms with Crippen molar-refractivity contribution in [2.45, 2.75) is 44.9 Å². The van der Waals surface area contributed by atoms with Crippen molar-refractivity contribution in [3.8, 4) is 0 Å². The minimum absolute atomic E-state index is 0.224. The van der Waals surface area contributed by atoms with Crippen LogP contribution in [0.5, 0.6) is 0 Å². The zero-order valence-electron chi connectivity index (χ0n) is 10.0. The first kappa shape index (κ1) is 13.7. The maximum absolute atomic E-state index is 11.6. The average molecular weight is 240 g/mol. The molecule has 1 saturated carbocycles. The molecule has 1 fully saturated rings. The second kappa shape index (κ2) is 5.84. The fourth-order valence-electron chi connectivity index (χ4n) is 2.80. The summed E-state index contributed by atoms with van der Waals surface area (Å²) in [6, 6.07) is 0. The summed E-state index contributed by atoms with van der Waals surface area (Å²) in [4.78, 5) is 22.9. The molecule has 0 aliphatic heterocycles. The lowest BCUT2D eigenvalue weighted by Gasteiger charge is -2.33. The summed E-state index contributed by atoms with van der Waals surface area (Å²) < 4.78 is 0. The van der Waals surface area contributed by atoms with Gasteiger partial charge in [-0.2, -0.15) is 0 Å². The van der Waals surface area contributed by atoms with Crippen LogP contribution in [0.2, 0.25) is 0 Å². The zero-order chi connectivity index (χ0) is 12.9. The Balaban J connectivity index is 3.05. The quantitative estimate of drug-likeness (QED) is 0.572. The van der Waals surface area contributed by atoms with Crippen LogP contribution in [0.25, 0.3) is 0 Å². The maximum atomic E-state index is 11.6. The van der Waals surface area contributed by atoms with Gasteiger partial charge in [-0.25, -0.2) is 0 Å². The van der Waals surface area contributed by atoms with E-state index in [0.29, 0.717) is 12.8 Å². The van der Waals surface area contributed by atoms with Crippen LogP contribution < -0.4 is 0 Å². The molecule has 1 atom stereocenters. The van der Waals surface area contributed by atoms with Crippen LogP contribution in [-0.4, -0.2) is 22.2 Å². The second-order valence-corrected chi connectivity index (χ2v) is 4.79. The molecule has 0 amide bonds. The third-order valence-electron chi connectivity index (χ3n) is 3.79. The molecule has 4 heteroatoms. The van der Waals surface area contributed by atoms with Crippen molar-refractivity contribution < 1.29 is 19.8 Å². The van der Waals surface area contributed by atoms with Gasteiger partial charge in [0.25, 0.3) is 0 Å². The van der Waals surface area contributed by atoms with Crippen molar-refractivity contribution >= 4 is 11.9 Å². The summed E-state index contributed by atoms with van der Waals surface area (Å²) in [7, 11) is 0. The van der Waals surface area contributed by atoms with Crippen LogP contribution in [0.3, 0.4) is 0 Å². The topological polar surface area (TPSA) is 74.6 Å². The second-order valence-electron chi connectivity index (χ2n) is 4.79. The lowest BCUT2D eigenvalue weighted by Crippen LogP contribution is -2.42. The molecule has 2 N–H and O–H groups in total. The highest BCUT2D eigenvalue weighted by atomic mass is 16.4. The van der Waals surface area contributed by atoms with Gasteiger partial charge in [-0.1, -0.05) is 31.8 Å². The van der Waals surface area contributed by atoms with Gasteiger partial charge in [0.2, 0.25) is 0 Å². The van der Waals surface area contributed by atoms with Crippen LogP contribution >= 0.6 is 0 Å². The molecule has 0 aromatic carbocycles. The van der Waals surface area contributed by atoms with E-state index >= 15 is 0 Å². The Morgan fingerprint density at radius 1 is 1.18 bits per heavy atom. The number of allylic oxidation sites excluding steroid dienone is 1. The number of hydrogen-bond donors (Lipinski definition) is 2. The summed E-state index contributed by atoms with van der Waals surface area (Å²) in [5.74, 6) is -2.83. The maximum Gasteiger partial charge on any atom is 0.310 e. The molecule has 0 bridgehead atoms. The van der Waals surface area contributed by atoms with Crippen LogP contribution in [0.1, 0.15) is 44.9 Å². The van der Waals surface area contributed by atoms with Crippen LogP contribution in [-0.2, 0) is 9.59 Å². The van der Waals surface area contributed by atoms with Crippen molar-refractivity contribution in [3.05, 3.63) is 12.7 Å². The Bertz CT molecular complexity index is 301. The number of carboxylic acids is 2. The number of hydrogen-bond acceptors (Lipinski definition) is 2. The van der Waals surface area contributed by atoms with Crippen molar-refractivity contribution in [1.29, 1.82) is 0 Å². The molecule has 0 spiro atoms. The van der Waals surface area contributed by atoms with Crippen LogP contribution in [0.15, 0.2) is 12.7 Å². The highest BCUT2D eigenvalue weighted by molar-refractivity contribution is 5.83. The lowest BCUT2D eigenvalue weighted by atomic mass is 9.68. The Labute approximate surface area is 101 Å². The van der Waals surface area contributed by atoms with Crippen molar-refractivity contribution in [2.75, 3.05) is 0 Å². The minimum atomic E-state index is -1.10. The van der Waals surface area contributed by atoms with Crippen LogP contribution in [0, 0.1) is 11.3 Å². The van der Waals surface area contributed by atoms with E-state index in [1.54, 1.807) is 0 Å². The standard InChI is InChI=1S/C13H20O4/c1-2-7-10(11(14)15)13(12(16)17)8-5-3-4-6-9-13/h2,10H,1,3-9H2,(H,14,15)(H,16,17). The van der Waals surface area contributed by atoms with E-state index in [2.05, 4.69) is 6.58 Å². The minimum Gasteiger partial charge on any atom is -0.481 e. The first-order valence-corrected chi connectivity index (χ1v) is 6.11. The molecule has 4 nitrogen and oxygen atoms in total. The highest BCUT2D eigenvalue weighted by Gasteiger charge is 2.48. The Hall–Kier alpha value is -1.32. The van der Waals surface area contributed by atoms with E-state index in [1.165, 1.54) is 6.08 Å². The smallest absolute Gasteiger partial charge is 0.310 e. The average Bonchev–Trinajstić information content (AvgIpc) is 2.51. The Morgan fingerprint density at radius 2 is 1.71 bits per heavy atom. The van der Waals surface area contributed by atoms with Crippen molar-refractivity contribution in [2.24, 2.45) is 11.3 Å². The van der Waals surface area contributed by atoms with Gasteiger partial charge < -0.3 is 10.2 Å². The van der Waals surface area contributed by atoms with Gasteiger partial charge in [-0.05, 0) is 19.3 Å². The SMILES string of the molecule is C=CCC(C(=O)O)C1(C(=O)O)CCCCCC1. The predicted molar refractivity (Wildman–Crippen MR) is 63.7 cm³/mol. The summed E-state index contributed by atoms with van der Waals surface area (Å²) in [5, 5.41) is 18.7. The van der Waals surface area contributed by atoms with Crippen molar-refractivity contribution in [3.63, 3.8) is 0 Å². The van der Waals surface area contributed by atoms with Crippen molar-refractivity contribution in [1.82, 2.24) is 0 Å². The molecule has 1 aliphatic rings. The van der Waals surface area contributed by atoms with E-state index in [-0.39, 0.29) is 6.42 Å². The van der Waals surface area contributed by atoms with E-state index in [1.807, 2.05) is 0 Å². The van der Waals surface area contributed by atoms with E-state index in [4.69, 9.17) is 0 Å². The molecule has 1 unspecified atom stereocenters. The van der Waals surface area contributed by atoms with Gasteiger partial charge in [-0.3, -0.25) is 9.59 Å². The van der Waals surface area contributed by atoms with Gasteiger partial charge >= 0.3 is 11.9 Å². The fraction of sp³-hybridized carbons (Fsp3) is 0.692. The molecule has 0 radical (unpaired) electrons. The summed E-state index contributed by atoms with van der Waals surface area (Å²) >= 11 is 0. The molecular weight excluding hydrogens is 220 g/mol. The molecule has 17 heavy (non-hydrogen) atoms. The molecule has 0 aromatic heterocycles. The number of aliphatic carboxylic acids is 2. The van der Waals surface area contributed by atoms with Gasteiger partial charge in [0.15, 0.2) is 0 Å². The van der Waals surface area contributed by atoms with E-state index < -0.39 is 23.3 Å². The normalized spacial score (nSPS) is 21.2. The van der Waals surface area contributed by atoms with Gasteiger partial charge in [0.1, 0.15) is 0 Å². The summed E-state index contributed by atoms with van der Waals surface area (Å²) in [5.41, 5.74) is -1.10. The summed E-state index contributed by atoms with van der Waals surface area (Å²) in [6.45, 7) is 3.54. The van der Waals surface area contributed by atoms with Gasteiger partial charge in [-0.15, -0.1) is 6.58 Å². The van der Waals surface area contributed by atoms with Gasteiger partial charge in [0, 0.05) is 0 Å². The monoisotopic (exact) mass is 240 g/mol. The predicted octanol–water partition coefficient (Wildman–Crippen LogP) is 2.69. The third-order valence-corrected chi connectivity index (χ3v) is 3.79. The van der Waals surface area contributed by atoms with E-state index in [0.717, 1.165) is 25.7 Å². The first-order valence-electron chi connectivity index (χ1n) is 6.11. The molecule has 0 aromatic rings.